The Hall–Kier alpha value is -3.66. The van der Waals surface area contributed by atoms with Crippen LogP contribution in [0.15, 0.2) is 72.8 Å². The van der Waals surface area contributed by atoms with Crippen molar-refractivity contribution in [2.75, 3.05) is 52.9 Å². The predicted octanol–water partition coefficient (Wildman–Crippen LogP) is 14.3. The first kappa shape index (κ1) is 73.4. The van der Waals surface area contributed by atoms with E-state index in [4.69, 9.17) is 52.1 Å². The molecule has 428 valence electrons. The first-order valence-electron chi connectivity index (χ1n) is 27.5. The van der Waals surface area contributed by atoms with E-state index < -0.39 is 0 Å². The number of rotatable bonds is 30. The quantitative estimate of drug-likeness (QED) is 0.0471. The first-order valence-corrected chi connectivity index (χ1v) is 27.5. The second kappa shape index (κ2) is 48.7. The molecule has 0 aromatic heterocycles. The van der Waals surface area contributed by atoms with Gasteiger partial charge in [-0.2, -0.15) is 0 Å². The second-order valence-corrected chi connectivity index (χ2v) is 20.3. The van der Waals surface area contributed by atoms with Crippen LogP contribution in [-0.4, -0.2) is 114 Å². The van der Waals surface area contributed by atoms with Gasteiger partial charge < -0.3 is 52.1 Å². The molecular formula is C64H106O11. The van der Waals surface area contributed by atoms with E-state index in [0.717, 1.165) is 0 Å². The summed E-state index contributed by atoms with van der Waals surface area (Å²) in [6, 6.07) is 25.5. The second-order valence-electron chi connectivity index (χ2n) is 20.3. The number of ether oxygens (including phenoxy) is 11. The highest BCUT2D eigenvalue weighted by atomic mass is 16.6. The van der Waals surface area contributed by atoms with Gasteiger partial charge in [0.05, 0.1) is 127 Å². The lowest BCUT2D eigenvalue weighted by molar-refractivity contribution is -0.0125. The molecular weight excluding hydrogens is 945 g/mol. The minimum Gasteiger partial charge on any atom is -0.377 e. The highest BCUT2D eigenvalue weighted by Crippen LogP contribution is 2.21. The molecule has 0 saturated heterocycles. The molecule has 0 atom stereocenters. The fourth-order valence-electron chi connectivity index (χ4n) is 5.30. The molecule has 0 aliphatic rings. The standard InChI is InChI=1S/C20H26O2.C14H22O2.C12H18O2.C10H22O3.C8H18O2/c1-15(2)21-13-17-5-9-19(10-6-17)20-11-7-18(8-12-20)14-22-16(3)4;1-11(2)15-9-13-5-7-14(8-6-13)10-16-12(3)4;1-11(2)13-9-7-5-6-8-10-14-12(3)4;1-9(2)12-7-5-11-6-8-13-10(3)4;1-7(2)9-5-6-10-8(3)4/h5-12,15-16H,13-14H2,1-4H3;5-8,11-12H,9-10H2,1-4H3;11-12H,9-10H2,1-4H3;9-10H,5-8H2,1-4H3;7-8H,5-6H2,1-4H3. The topological polar surface area (TPSA) is 102 Å². The van der Waals surface area contributed by atoms with Crippen molar-refractivity contribution in [3.05, 3.63) is 95.1 Å². The maximum Gasteiger partial charge on any atom is 0.109 e. The van der Waals surface area contributed by atoms with Gasteiger partial charge >= 0.3 is 0 Å². The van der Waals surface area contributed by atoms with Gasteiger partial charge in [-0.15, -0.1) is 0 Å². The van der Waals surface area contributed by atoms with E-state index in [2.05, 4.69) is 124 Å². The smallest absolute Gasteiger partial charge is 0.109 e. The molecule has 0 N–H and O–H groups in total. The Morgan fingerprint density at radius 1 is 0.253 bits per heavy atom. The molecule has 0 amide bonds. The normalized spacial score (nSPS) is 11.0. The minimum absolute atomic E-state index is 0.224. The van der Waals surface area contributed by atoms with Crippen molar-refractivity contribution in [3.8, 4) is 34.8 Å². The van der Waals surface area contributed by atoms with Gasteiger partial charge in [0.1, 0.15) is 13.2 Å². The van der Waals surface area contributed by atoms with Gasteiger partial charge in [0.2, 0.25) is 0 Å². The molecule has 0 spiro atoms. The van der Waals surface area contributed by atoms with E-state index in [9.17, 15) is 0 Å². The van der Waals surface area contributed by atoms with Gasteiger partial charge in [0, 0.05) is 0 Å². The Bertz CT molecular complexity index is 1690. The minimum atomic E-state index is 0.224. The molecule has 75 heavy (non-hydrogen) atoms. The van der Waals surface area contributed by atoms with Crippen LogP contribution in [0.2, 0.25) is 0 Å². The summed E-state index contributed by atoms with van der Waals surface area (Å²) >= 11 is 0. The van der Waals surface area contributed by atoms with Gasteiger partial charge in [-0.1, -0.05) is 84.6 Å². The summed E-state index contributed by atoms with van der Waals surface area (Å²) in [5, 5.41) is 0. The Kier molecular flexibility index (Phi) is 47.7. The Labute approximate surface area is 459 Å². The third-order valence-electron chi connectivity index (χ3n) is 9.16. The number of hydrogen-bond acceptors (Lipinski definition) is 11. The monoisotopic (exact) mass is 1050 g/mol. The summed E-state index contributed by atoms with van der Waals surface area (Å²) in [4.78, 5) is 0. The van der Waals surface area contributed by atoms with Crippen LogP contribution >= 0.6 is 0 Å². The summed E-state index contributed by atoms with van der Waals surface area (Å²) in [6.45, 7) is 48.1. The summed E-state index contributed by atoms with van der Waals surface area (Å²) in [5.41, 5.74) is 7.29. The molecule has 0 heterocycles. The van der Waals surface area contributed by atoms with Crippen molar-refractivity contribution < 1.29 is 52.1 Å². The molecule has 0 saturated carbocycles. The summed E-state index contributed by atoms with van der Waals surface area (Å²) in [6.07, 6.45) is 2.74. The molecule has 0 bridgehead atoms. The van der Waals surface area contributed by atoms with Crippen molar-refractivity contribution in [2.24, 2.45) is 0 Å². The molecule has 11 heteroatoms. The highest BCUT2D eigenvalue weighted by molar-refractivity contribution is 5.63. The number of benzene rings is 3. The van der Waals surface area contributed by atoms with Crippen LogP contribution < -0.4 is 0 Å². The van der Waals surface area contributed by atoms with Crippen molar-refractivity contribution in [2.45, 2.75) is 226 Å². The van der Waals surface area contributed by atoms with Gasteiger partial charge in [-0.3, -0.25) is 0 Å². The van der Waals surface area contributed by atoms with E-state index in [-0.39, 0.29) is 48.8 Å². The van der Waals surface area contributed by atoms with Crippen LogP contribution in [-0.2, 0) is 78.5 Å². The van der Waals surface area contributed by atoms with Gasteiger partial charge in [-0.25, -0.2) is 0 Å². The predicted molar refractivity (Wildman–Crippen MR) is 311 cm³/mol. The zero-order valence-corrected chi connectivity index (χ0v) is 50.7. The fraction of sp³-hybridized carbons (Fsp3) is 0.656. The van der Waals surface area contributed by atoms with Crippen LogP contribution in [0.25, 0.3) is 11.1 Å². The Morgan fingerprint density at radius 3 is 0.667 bits per heavy atom. The van der Waals surface area contributed by atoms with Gasteiger partial charge in [-0.05, 0) is 184 Å². The van der Waals surface area contributed by atoms with Crippen molar-refractivity contribution >= 4 is 0 Å². The molecule has 11 nitrogen and oxygen atoms in total. The Balaban J connectivity index is 0. The first-order chi connectivity index (χ1) is 35.5. The average molecular weight is 1050 g/mol. The van der Waals surface area contributed by atoms with E-state index >= 15 is 0 Å². The van der Waals surface area contributed by atoms with Crippen LogP contribution in [0, 0.1) is 23.7 Å². The van der Waals surface area contributed by atoms with E-state index in [0.29, 0.717) is 91.5 Å². The van der Waals surface area contributed by atoms with E-state index in [1.165, 1.54) is 33.4 Å². The van der Waals surface area contributed by atoms with Crippen molar-refractivity contribution in [1.82, 2.24) is 0 Å². The molecule has 0 fully saturated rings. The lowest BCUT2D eigenvalue weighted by atomic mass is 10.0. The van der Waals surface area contributed by atoms with Gasteiger partial charge in [0.15, 0.2) is 0 Å². The van der Waals surface area contributed by atoms with Crippen LogP contribution in [0.5, 0.6) is 0 Å². The molecule has 0 unspecified atom stereocenters. The number of hydrogen-bond donors (Lipinski definition) is 0. The molecule has 3 rings (SSSR count). The van der Waals surface area contributed by atoms with Crippen molar-refractivity contribution in [1.29, 1.82) is 0 Å². The lowest BCUT2D eigenvalue weighted by Gasteiger charge is -2.10. The van der Waals surface area contributed by atoms with Gasteiger partial charge in [0.25, 0.3) is 0 Å². The molecule has 3 aromatic rings. The van der Waals surface area contributed by atoms with E-state index in [1.54, 1.807) is 0 Å². The molecule has 0 radical (unpaired) electrons. The average Bonchev–Trinajstić information content (AvgIpc) is 3.34. The summed E-state index contributed by atoms with van der Waals surface area (Å²) in [7, 11) is 0. The molecule has 0 aliphatic heterocycles. The third-order valence-corrected chi connectivity index (χ3v) is 9.16. The van der Waals surface area contributed by atoms with Crippen molar-refractivity contribution in [3.63, 3.8) is 0 Å². The fourth-order valence-corrected chi connectivity index (χ4v) is 5.30. The highest BCUT2D eigenvalue weighted by Gasteiger charge is 2.03. The SMILES string of the molecule is CC(C)OCC#CC#CCOC(C)C.CC(C)OCCOC(C)C.CC(C)OCCOCCOC(C)C.CC(C)OCc1ccc(-c2ccc(COC(C)C)cc2)cc1.CC(C)OCc1ccc(COC(C)C)cc1. The largest absolute Gasteiger partial charge is 0.377 e. The summed E-state index contributed by atoms with van der Waals surface area (Å²) < 4.78 is 59.2. The molecule has 0 aliphatic carbocycles. The maximum atomic E-state index is 5.62. The van der Waals surface area contributed by atoms with Crippen LogP contribution in [0.1, 0.15) is 161 Å². The zero-order valence-electron chi connectivity index (χ0n) is 50.7. The van der Waals surface area contributed by atoms with E-state index in [1.807, 2.05) is 111 Å². The third kappa shape index (κ3) is 53.5. The molecule has 3 aromatic carbocycles. The summed E-state index contributed by atoms with van der Waals surface area (Å²) in [5.74, 6) is 11.0. The lowest BCUT2D eigenvalue weighted by Crippen LogP contribution is -2.13. The van der Waals surface area contributed by atoms with Crippen LogP contribution in [0.4, 0.5) is 0 Å². The maximum absolute atomic E-state index is 5.62. The Morgan fingerprint density at radius 2 is 0.453 bits per heavy atom. The zero-order chi connectivity index (χ0) is 56.8. The van der Waals surface area contributed by atoms with Crippen LogP contribution in [0.3, 0.4) is 0 Å².